The molecule has 3 rings (SSSR count). The standard InChI is InChI=1S/C19H20N2O3/c1-13(24-19(23)17-10-4-5-12-20-17)18(22)21-16-11-6-8-14-7-2-3-9-15(14)16/h2-5,7,9-10,12-13,16H,6,8,11H2,1H3,(H,21,22). The van der Waals surface area contributed by atoms with Crippen LogP contribution in [0.1, 0.15) is 47.4 Å². The summed E-state index contributed by atoms with van der Waals surface area (Å²) in [5.74, 6) is -0.886. The Balaban J connectivity index is 1.62. The van der Waals surface area contributed by atoms with Gasteiger partial charge in [0.1, 0.15) is 5.69 Å². The van der Waals surface area contributed by atoms with Crippen LogP contribution in [0.3, 0.4) is 0 Å². The number of nitrogens with zero attached hydrogens (tertiary/aromatic N) is 1. The zero-order chi connectivity index (χ0) is 16.9. The minimum Gasteiger partial charge on any atom is -0.448 e. The van der Waals surface area contributed by atoms with Gasteiger partial charge in [0, 0.05) is 6.20 Å². The molecule has 1 aromatic carbocycles. The van der Waals surface area contributed by atoms with Crippen LogP contribution in [0.4, 0.5) is 0 Å². The number of aromatic nitrogens is 1. The molecule has 0 saturated carbocycles. The smallest absolute Gasteiger partial charge is 0.357 e. The van der Waals surface area contributed by atoms with Gasteiger partial charge in [-0.1, -0.05) is 30.3 Å². The number of ether oxygens (including phenoxy) is 1. The molecule has 0 spiro atoms. The van der Waals surface area contributed by atoms with Gasteiger partial charge < -0.3 is 10.1 Å². The number of rotatable bonds is 4. The Morgan fingerprint density at radius 3 is 2.79 bits per heavy atom. The van der Waals surface area contributed by atoms with Crippen molar-refractivity contribution in [3.05, 3.63) is 65.5 Å². The Bertz CT molecular complexity index is 730. The van der Waals surface area contributed by atoms with Gasteiger partial charge >= 0.3 is 5.97 Å². The number of nitrogens with one attached hydrogen (secondary N) is 1. The lowest BCUT2D eigenvalue weighted by atomic mass is 9.87. The zero-order valence-electron chi connectivity index (χ0n) is 13.6. The first kappa shape index (κ1) is 16.2. The molecule has 0 radical (unpaired) electrons. The first-order valence-electron chi connectivity index (χ1n) is 8.15. The third-order valence-electron chi connectivity index (χ3n) is 4.21. The van der Waals surface area contributed by atoms with Gasteiger partial charge in [0.25, 0.3) is 5.91 Å². The molecule has 2 atom stereocenters. The maximum Gasteiger partial charge on any atom is 0.357 e. The number of hydrogen-bond donors (Lipinski definition) is 1. The summed E-state index contributed by atoms with van der Waals surface area (Å²) in [7, 11) is 0. The molecule has 1 aliphatic carbocycles. The monoisotopic (exact) mass is 324 g/mol. The summed E-state index contributed by atoms with van der Waals surface area (Å²) in [6, 6.07) is 13.1. The van der Waals surface area contributed by atoms with Crippen LogP contribution < -0.4 is 5.32 Å². The second-order valence-electron chi connectivity index (χ2n) is 5.91. The number of carbonyl (C=O) groups excluding carboxylic acids is 2. The van der Waals surface area contributed by atoms with Gasteiger partial charge in [0.2, 0.25) is 0 Å². The minimum atomic E-state index is -0.867. The molecule has 2 aromatic rings. The summed E-state index contributed by atoms with van der Waals surface area (Å²) in [4.78, 5) is 28.3. The molecule has 1 N–H and O–H groups in total. The highest BCUT2D eigenvalue weighted by Gasteiger charge is 2.25. The molecule has 2 unspecified atom stereocenters. The maximum atomic E-state index is 12.4. The van der Waals surface area contributed by atoms with Crippen LogP contribution in [0.5, 0.6) is 0 Å². The van der Waals surface area contributed by atoms with Gasteiger partial charge in [-0.15, -0.1) is 0 Å². The summed E-state index contributed by atoms with van der Waals surface area (Å²) < 4.78 is 5.21. The number of aryl methyl sites for hydroxylation is 1. The van der Waals surface area contributed by atoms with E-state index in [1.54, 1.807) is 25.1 Å². The lowest BCUT2D eigenvalue weighted by molar-refractivity contribution is -0.130. The normalized spacial score (nSPS) is 17.5. The molecule has 1 aliphatic rings. The molecule has 0 aliphatic heterocycles. The number of fused-ring (bicyclic) bond motifs is 1. The molecule has 124 valence electrons. The van der Waals surface area contributed by atoms with Crippen molar-refractivity contribution < 1.29 is 14.3 Å². The van der Waals surface area contributed by atoms with Gasteiger partial charge in [-0.25, -0.2) is 9.78 Å². The number of hydrogen-bond acceptors (Lipinski definition) is 4. The van der Waals surface area contributed by atoms with E-state index in [4.69, 9.17) is 4.74 Å². The van der Waals surface area contributed by atoms with Gasteiger partial charge in [-0.05, 0) is 49.4 Å². The summed E-state index contributed by atoms with van der Waals surface area (Å²) in [6.45, 7) is 1.57. The van der Waals surface area contributed by atoms with E-state index in [1.165, 1.54) is 11.8 Å². The van der Waals surface area contributed by atoms with Crippen molar-refractivity contribution in [3.8, 4) is 0 Å². The van der Waals surface area contributed by atoms with Crippen LogP contribution in [0.2, 0.25) is 0 Å². The predicted molar refractivity (Wildman–Crippen MR) is 89.4 cm³/mol. The fraction of sp³-hybridized carbons (Fsp3) is 0.316. The fourth-order valence-electron chi connectivity index (χ4n) is 2.95. The Morgan fingerprint density at radius 2 is 2.00 bits per heavy atom. The lowest BCUT2D eigenvalue weighted by Gasteiger charge is -2.27. The van der Waals surface area contributed by atoms with Crippen molar-refractivity contribution in [2.75, 3.05) is 0 Å². The molecule has 1 aromatic heterocycles. The van der Waals surface area contributed by atoms with Crippen LogP contribution in [0.15, 0.2) is 48.7 Å². The third kappa shape index (κ3) is 3.62. The Kier molecular flexibility index (Phi) is 4.89. The number of benzene rings is 1. The molecule has 5 heteroatoms. The largest absolute Gasteiger partial charge is 0.448 e. The summed E-state index contributed by atoms with van der Waals surface area (Å²) in [6.07, 6.45) is 3.61. The predicted octanol–water partition coefficient (Wildman–Crippen LogP) is 2.82. The third-order valence-corrected chi connectivity index (χ3v) is 4.21. The highest BCUT2D eigenvalue weighted by Crippen LogP contribution is 2.29. The first-order chi connectivity index (χ1) is 11.6. The van der Waals surface area contributed by atoms with Crippen molar-refractivity contribution in [2.24, 2.45) is 0 Å². The van der Waals surface area contributed by atoms with Gasteiger partial charge in [-0.3, -0.25) is 4.79 Å². The van der Waals surface area contributed by atoms with Gasteiger partial charge in [-0.2, -0.15) is 0 Å². The second-order valence-corrected chi connectivity index (χ2v) is 5.91. The summed E-state index contributed by atoms with van der Waals surface area (Å²) >= 11 is 0. The molecular formula is C19H20N2O3. The summed E-state index contributed by atoms with van der Waals surface area (Å²) in [5.41, 5.74) is 2.62. The minimum absolute atomic E-state index is 0.0292. The van der Waals surface area contributed by atoms with E-state index in [9.17, 15) is 9.59 Å². The first-order valence-corrected chi connectivity index (χ1v) is 8.15. The van der Waals surface area contributed by atoms with Crippen LogP contribution in [-0.4, -0.2) is 23.0 Å². The average molecular weight is 324 g/mol. The molecule has 0 fully saturated rings. The van der Waals surface area contributed by atoms with E-state index in [-0.39, 0.29) is 17.6 Å². The van der Waals surface area contributed by atoms with E-state index in [0.717, 1.165) is 24.8 Å². The lowest BCUT2D eigenvalue weighted by Crippen LogP contribution is -2.39. The maximum absolute atomic E-state index is 12.4. The van der Waals surface area contributed by atoms with Gasteiger partial charge in [0.05, 0.1) is 6.04 Å². The van der Waals surface area contributed by atoms with E-state index in [0.29, 0.717) is 0 Å². The number of amides is 1. The average Bonchev–Trinajstić information content (AvgIpc) is 2.62. The Labute approximate surface area is 141 Å². The topological polar surface area (TPSA) is 68.3 Å². The number of esters is 1. The summed E-state index contributed by atoms with van der Waals surface area (Å²) in [5, 5.41) is 3.00. The Morgan fingerprint density at radius 1 is 1.21 bits per heavy atom. The number of pyridine rings is 1. The number of carbonyl (C=O) groups is 2. The highest BCUT2D eigenvalue weighted by molar-refractivity contribution is 5.90. The quantitative estimate of drug-likeness (QED) is 0.878. The van der Waals surface area contributed by atoms with Crippen LogP contribution in [-0.2, 0) is 16.0 Å². The van der Waals surface area contributed by atoms with Crippen LogP contribution in [0, 0.1) is 0 Å². The highest BCUT2D eigenvalue weighted by atomic mass is 16.5. The second kappa shape index (κ2) is 7.25. The van der Waals surface area contributed by atoms with Crippen molar-refractivity contribution in [3.63, 3.8) is 0 Å². The molecule has 1 amide bonds. The van der Waals surface area contributed by atoms with E-state index < -0.39 is 12.1 Å². The van der Waals surface area contributed by atoms with Crippen molar-refractivity contribution >= 4 is 11.9 Å². The van der Waals surface area contributed by atoms with Crippen LogP contribution >= 0.6 is 0 Å². The fourth-order valence-corrected chi connectivity index (χ4v) is 2.95. The van der Waals surface area contributed by atoms with E-state index in [2.05, 4.69) is 16.4 Å². The molecule has 1 heterocycles. The van der Waals surface area contributed by atoms with E-state index in [1.807, 2.05) is 18.2 Å². The molecule has 0 saturated heterocycles. The molecule has 5 nitrogen and oxygen atoms in total. The molecule has 24 heavy (non-hydrogen) atoms. The van der Waals surface area contributed by atoms with Crippen molar-refractivity contribution in [1.82, 2.24) is 10.3 Å². The molecule has 0 bridgehead atoms. The van der Waals surface area contributed by atoms with E-state index >= 15 is 0 Å². The van der Waals surface area contributed by atoms with Crippen molar-refractivity contribution in [1.29, 1.82) is 0 Å². The van der Waals surface area contributed by atoms with Gasteiger partial charge in [0.15, 0.2) is 6.10 Å². The van der Waals surface area contributed by atoms with Crippen LogP contribution in [0.25, 0.3) is 0 Å². The molecular weight excluding hydrogens is 304 g/mol. The Hall–Kier alpha value is -2.69. The van der Waals surface area contributed by atoms with Crippen molar-refractivity contribution in [2.45, 2.75) is 38.3 Å². The zero-order valence-corrected chi connectivity index (χ0v) is 13.6. The SMILES string of the molecule is CC(OC(=O)c1ccccn1)C(=O)NC1CCCc2ccccc21.